The second kappa shape index (κ2) is 2.87. The molecule has 0 aliphatic heterocycles. The molecule has 0 bridgehead atoms. The van der Waals surface area contributed by atoms with Crippen LogP contribution in [-0.4, -0.2) is 22.3 Å². The zero-order chi connectivity index (χ0) is 5.98. The molecule has 1 radical (unpaired) electrons. The number of halogens is 1. The fourth-order valence-corrected chi connectivity index (χ4v) is 1.09. The summed E-state index contributed by atoms with van der Waals surface area (Å²) in [7, 11) is 0. The number of rotatable bonds is 0. The Labute approximate surface area is 70.3 Å². The van der Waals surface area contributed by atoms with Crippen molar-refractivity contribution in [2.75, 3.05) is 0 Å². The quantitative estimate of drug-likeness (QED) is 0.629. The molecule has 0 aromatic heterocycles. The fourth-order valence-electron chi connectivity index (χ4n) is 0.435. The summed E-state index contributed by atoms with van der Waals surface area (Å²) in [6.45, 7) is 0. The third-order valence-corrected chi connectivity index (χ3v) is 2.12. The molecule has 0 fully saturated rings. The Morgan fingerprint density at radius 3 is 2.00 bits per heavy atom. The van der Waals surface area contributed by atoms with Crippen LogP contribution < -0.4 is 3.61 Å². The Bertz CT molecular complexity index is 147. The van der Waals surface area contributed by atoms with Gasteiger partial charge in [-0.1, -0.05) is 0 Å². The van der Waals surface area contributed by atoms with Gasteiger partial charge in [-0.15, -0.1) is 0 Å². The molecule has 1 aromatic rings. The number of hydrogen-bond acceptors (Lipinski definition) is 0. The van der Waals surface area contributed by atoms with Crippen molar-refractivity contribution >= 4 is 41.8 Å². The third-order valence-electron chi connectivity index (χ3n) is 0.814. The van der Waals surface area contributed by atoms with E-state index in [0.717, 1.165) is 4.47 Å². The van der Waals surface area contributed by atoms with E-state index in [0.29, 0.717) is 0 Å². The first-order chi connectivity index (χ1) is 3.79. The Morgan fingerprint density at radius 1 is 1.12 bits per heavy atom. The van der Waals surface area contributed by atoms with Crippen molar-refractivity contribution in [3.63, 3.8) is 0 Å². The standard InChI is InChI=1S/C6H4BrTe/c7-5-1-3-6(8)4-2-5/h1-4H. The van der Waals surface area contributed by atoms with E-state index >= 15 is 0 Å². The molecular formula is C6H4BrTe. The van der Waals surface area contributed by atoms with Crippen molar-refractivity contribution in [2.45, 2.75) is 0 Å². The summed E-state index contributed by atoms with van der Waals surface area (Å²) in [5.41, 5.74) is 0. The van der Waals surface area contributed by atoms with Crippen molar-refractivity contribution in [3.05, 3.63) is 28.7 Å². The monoisotopic (exact) mass is 285 g/mol. The van der Waals surface area contributed by atoms with E-state index in [1.165, 1.54) is 3.61 Å². The average Bonchev–Trinajstić information content (AvgIpc) is 1.77. The van der Waals surface area contributed by atoms with Gasteiger partial charge in [-0.2, -0.15) is 0 Å². The van der Waals surface area contributed by atoms with Crippen LogP contribution in [0.25, 0.3) is 0 Å². The van der Waals surface area contributed by atoms with Crippen LogP contribution in [0.15, 0.2) is 28.7 Å². The van der Waals surface area contributed by atoms with E-state index in [4.69, 9.17) is 0 Å². The van der Waals surface area contributed by atoms with Gasteiger partial charge in [0.05, 0.1) is 0 Å². The van der Waals surface area contributed by atoms with Gasteiger partial charge in [0.2, 0.25) is 0 Å². The molecule has 0 spiro atoms. The fraction of sp³-hybridized carbons (Fsp3) is 0. The van der Waals surface area contributed by atoms with E-state index in [9.17, 15) is 0 Å². The number of benzene rings is 1. The molecule has 0 aliphatic rings. The Hall–Kier alpha value is 0.490. The van der Waals surface area contributed by atoms with E-state index in [2.05, 4.69) is 28.1 Å². The van der Waals surface area contributed by atoms with E-state index in [1.54, 1.807) is 0 Å². The summed E-state index contributed by atoms with van der Waals surface area (Å²) < 4.78 is 2.45. The van der Waals surface area contributed by atoms with Gasteiger partial charge < -0.3 is 0 Å². The molecular weight excluding hydrogens is 280 g/mol. The van der Waals surface area contributed by atoms with Gasteiger partial charge >= 0.3 is 70.6 Å². The summed E-state index contributed by atoms with van der Waals surface area (Å²) in [5.74, 6) is 0. The molecule has 0 atom stereocenters. The van der Waals surface area contributed by atoms with E-state index < -0.39 is 0 Å². The summed E-state index contributed by atoms with van der Waals surface area (Å²) in [4.78, 5) is 0. The van der Waals surface area contributed by atoms with Gasteiger partial charge in [-0.05, 0) is 0 Å². The van der Waals surface area contributed by atoms with Gasteiger partial charge in [-0.3, -0.25) is 0 Å². The maximum absolute atomic E-state index is 3.35. The third kappa shape index (κ3) is 1.78. The summed E-state index contributed by atoms with van der Waals surface area (Å²) in [6.07, 6.45) is 0. The van der Waals surface area contributed by atoms with Crippen LogP contribution in [0, 0.1) is 0 Å². The SMILES string of the molecule is Brc1ccc([Te])cc1. The van der Waals surface area contributed by atoms with Crippen molar-refractivity contribution in [1.82, 2.24) is 0 Å². The van der Waals surface area contributed by atoms with E-state index in [1.807, 2.05) is 34.4 Å². The summed E-state index contributed by atoms with van der Waals surface area (Å²) >= 11 is 5.36. The van der Waals surface area contributed by atoms with Crippen molar-refractivity contribution < 1.29 is 0 Å². The predicted molar refractivity (Wildman–Crippen MR) is 39.5 cm³/mol. The zero-order valence-corrected chi connectivity index (χ0v) is 8.01. The molecule has 0 saturated heterocycles. The van der Waals surface area contributed by atoms with Gasteiger partial charge in [-0.25, -0.2) is 0 Å². The average molecular weight is 284 g/mol. The zero-order valence-electron chi connectivity index (χ0n) is 4.10. The van der Waals surface area contributed by atoms with Gasteiger partial charge in [0.25, 0.3) is 0 Å². The molecule has 0 unspecified atom stereocenters. The Kier molecular flexibility index (Phi) is 2.37. The van der Waals surface area contributed by atoms with Crippen LogP contribution >= 0.6 is 15.9 Å². The van der Waals surface area contributed by atoms with Crippen molar-refractivity contribution in [1.29, 1.82) is 0 Å². The first kappa shape index (κ1) is 6.61. The molecule has 0 heterocycles. The molecule has 2 heteroatoms. The second-order valence-electron chi connectivity index (χ2n) is 1.45. The molecule has 8 heavy (non-hydrogen) atoms. The minimum atomic E-state index is 1.14. The topological polar surface area (TPSA) is 0 Å². The van der Waals surface area contributed by atoms with Crippen LogP contribution in [0.1, 0.15) is 0 Å². The molecule has 0 aliphatic carbocycles. The van der Waals surface area contributed by atoms with Crippen LogP contribution in [0.3, 0.4) is 0 Å². The Balaban J connectivity index is 3.03. The van der Waals surface area contributed by atoms with Gasteiger partial charge in [0, 0.05) is 0 Å². The van der Waals surface area contributed by atoms with Crippen molar-refractivity contribution in [3.8, 4) is 0 Å². The van der Waals surface area contributed by atoms with Gasteiger partial charge in [0.15, 0.2) is 0 Å². The Morgan fingerprint density at radius 2 is 1.62 bits per heavy atom. The second-order valence-corrected chi connectivity index (χ2v) is 3.72. The molecule has 0 nitrogen and oxygen atoms in total. The summed E-state index contributed by atoms with van der Waals surface area (Å²) in [5, 5.41) is 0. The first-order valence-corrected chi connectivity index (χ1v) is 4.17. The molecule has 0 N–H and O–H groups in total. The van der Waals surface area contributed by atoms with Crippen LogP contribution in [0.4, 0.5) is 0 Å². The van der Waals surface area contributed by atoms with Crippen LogP contribution in [-0.2, 0) is 0 Å². The summed E-state index contributed by atoms with van der Waals surface area (Å²) in [6, 6.07) is 8.23. The molecule has 0 amide bonds. The molecule has 1 rings (SSSR count). The van der Waals surface area contributed by atoms with E-state index in [-0.39, 0.29) is 0 Å². The molecule has 0 saturated carbocycles. The van der Waals surface area contributed by atoms with Crippen LogP contribution in [0.2, 0.25) is 0 Å². The predicted octanol–water partition coefficient (Wildman–Crippen LogP) is 1.24. The number of hydrogen-bond donors (Lipinski definition) is 0. The molecule has 1 aromatic carbocycles. The molecule has 41 valence electrons. The maximum atomic E-state index is 3.35. The minimum absolute atomic E-state index is 1.14. The van der Waals surface area contributed by atoms with Crippen molar-refractivity contribution in [2.24, 2.45) is 0 Å². The normalized spacial score (nSPS) is 9.12. The van der Waals surface area contributed by atoms with Gasteiger partial charge in [0.1, 0.15) is 0 Å². The van der Waals surface area contributed by atoms with Crippen LogP contribution in [0.5, 0.6) is 0 Å². The first-order valence-electron chi connectivity index (χ1n) is 2.21.